The molecule has 62 valence electrons. The van der Waals surface area contributed by atoms with Crippen LogP contribution in [0.2, 0.25) is 0 Å². The van der Waals surface area contributed by atoms with Crippen molar-refractivity contribution in [2.75, 3.05) is 7.11 Å². The van der Waals surface area contributed by atoms with Crippen LogP contribution in [0.15, 0.2) is 0 Å². The molecule has 0 saturated heterocycles. The molecule has 0 aliphatic rings. The predicted octanol–water partition coefficient (Wildman–Crippen LogP) is 1.63. The van der Waals surface area contributed by atoms with Gasteiger partial charge in [0.1, 0.15) is 0 Å². The third-order valence-corrected chi connectivity index (χ3v) is 2.18. The molecule has 11 heavy (non-hydrogen) atoms. The maximum absolute atomic E-state index is 5.16. The fourth-order valence-electron chi connectivity index (χ4n) is 1.09. The molecule has 1 aromatic heterocycles. The zero-order valence-electron chi connectivity index (χ0n) is 6.89. The minimum absolute atomic E-state index is 0.788. The molecule has 0 aliphatic carbocycles. The summed E-state index contributed by atoms with van der Waals surface area (Å²) in [6.45, 7) is 1.97. The fourth-order valence-corrected chi connectivity index (χ4v) is 1.74. The van der Waals surface area contributed by atoms with Crippen LogP contribution in [0.3, 0.4) is 0 Å². The molecule has 1 heterocycles. The fraction of sp³-hybridized carbons (Fsp3) is 0.571. The standard InChI is InChI=1S/C7H11BrN2O/c1-5-6(4-8)7(11-3)10(2)9-5/h4H2,1-3H3. The van der Waals surface area contributed by atoms with Crippen molar-refractivity contribution < 1.29 is 4.74 Å². The van der Waals surface area contributed by atoms with Gasteiger partial charge in [-0.05, 0) is 6.92 Å². The Morgan fingerprint density at radius 1 is 1.64 bits per heavy atom. The summed E-state index contributed by atoms with van der Waals surface area (Å²) in [5.74, 6) is 0.833. The molecule has 0 spiro atoms. The van der Waals surface area contributed by atoms with Gasteiger partial charge in [0.25, 0.3) is 0 Å². The molecule has 0 amide bonds. The van der Waals surface area contributed by atoms with Crippen LogP contribution < -0.4 is 4.74 Å². The number of hydrogen-bond donors (Lipinski definition) is 0. The van der Waals surface area contributed by atoms with Crippen molar-refractivity contribution in [2.24, 2.45) is 7.05 Å². The van der Waals surface area contributed by atoms with Crippen LogP contribution in [-0.2, 0) is 12.4 Å². The molecule has 0 aromatic carbocycles. The average molecular weight is 219 g/mol. The smallest absolute Gasteiger partial charge is 0.215 e. The highest BCUT2D eigenvalue weighted by Gasteiger charge is 2.11. The van der Waals surface area contributed by atoms with Crippen molar-refractivity contribution in [1.82, 2.24) is 9.78 Å². The van der Waals surface area contributed by atoms with E-state index in [1.165, 1.54) is 0 Å². The number of halogens is 1. The molecular formula is C7H11BrN2O. The molecule has 0 aliphatic heterocycles. The molecule has 4 heteroatoms. The van der Waals surface area contributed by atoms with Crippen LogP contribution in [0.5, 0.6) is 5.88 Å². The molecule has 0 unspecified atom stereocenters. The second-order valence-corrected chi connectivity index (χ2v) is 2.89. The number of nitrogens with zero attached hydrogens (tertiary/aromatic N) is 2. The van der Waals surface area contributed by atoms with E-state index in [0.29, 0.717) is 0 Å². The van der Waals surface area contributed by atoms with Crippen LogP contribution in [0.25, 0.3) is 0 Å². The summed E-state index contributed by atoms with van der Waals surface area (Å²) in [6, 6.07) is 0. The number of aromatic nitrogens is 2. The van der Waals surface area contributed by atoms with E-state index in [1.807, 2.05) is 14.0 Å². The molecule has 0 bridgehead atoms. The van der Waals surface area contributed by atoms with Gasteiger partial charge in [-0.15, -0.1) is 0 Å². The number of methoxy groups -OCH3 is 1. The van der Waals surface area contributed by atoms with Crippen LogP contribution in [0, 0.1) is 6.92 Å². The first-order valence-corrected chi connectivity index (χ1v) is 4.45. The maximum atomic E-state index is 5.16. The Bertz CT molecular complexity index is 233. The number of aryl methyl sites for hydroxylation is 2. The van der Waals surface area contributed by atoms with E-state index in [1.54, 1.807) is 11.8 Å². The second kappa shape index (κ2) is 3.26. The molecule has 3 nitrogen and oxygen atoms in total. The van der Waals surface area contributed by atoms with Crippen LogP contribution in [0.1, 0.15) is 11.3 Å². The van der Waals surface area contributed by atoms with E-state index < -0.39 is 0 Å². The molecule has 0 saturated carbocycles. The number of hydrogen-bond acceptors (Lipinski definition) is 2. The first kappa shape index (κ1) is 8.59. The first-order valence-electron chi connectivity index (χ1n) is 3.33. The second-order valence-electron chi connectivity index (χ2n) is 2.33. The third-order valence-electron chi connectivity index (χ3n) is 1.62. The zero-order chi connectivity index (χ0) is 8.43. The summed E-state index contributed by atoms with van der Waals surface area (Å²) in [5.41, 5.74) is 2.14. The summed E-state index contributed by atoms with van der Waals surface area (Å²) in [5, 5.41) is 5.00. The lowest BCUT2D eigenvalue weighted by Gasteiger charge is -2.00. The predicted molar refractivity (Wildman–Crippen MR) is 47.1 cm³/mol. The van der Waals surface area contributed by atoms with Gasteiger partial charge in [0.2, 0.25) is 5.88 Å². The minimum atomic E-state index is 0.788. The Balaban J connectivity index is 3.17. The number of alkyl halides is 1. The van der Waals surface area contributed by atoms with E-state index in [0.717, 1.165) is 22.5 Å². The lowest BCUT2D eigenvalue weighted by molar-refractivity contribution is 0.370. The van der Waals surface area contributed by atoms with Gasteiger partial charge in [-0.25, -0.2) is 4.68 Å². The Labute approximate surface area is 74.5 Å². The van der Waals surface area contributed by atoms with E-state index >= 15 is 0 Å². The topological polar surface area (TPSA) is 27.1 Å². The normalized spacial score (nSPS) is 10.2. The molecule has 0 N–H and O–H groups in total. The highest BCUT2D eigenvalue weighted by atomic mass is 79.9. The maximum Gasteiger partial charge on any atom is 0.215 e. The summed E-state index contributed by atoms with van der Waals surface area (Å²) in [7, 11) is 3.53. The third kappa shape index (κ3) is 1.40. The van der Waals surface area contributed by atoms with E-state index in [-0.39, 0.29) is 0 Å². The highest BCUT2D eigenvalue weighted by Crippen LogP contribution is 2.22. The van der Waals surface area contributed by atoms with Gasteiger partial charge in [-0.2, -0.15) is 5.10 Å². The lowest BCUT2D eigenvalue weighted by atomic mass is 10.3. The minimum Gasteiger partial charge on any atom is -0.481 e. The van der Waals surface area contributed by atoms with Gasteiger partial charge >= 0.3 is 0 Å². The monoisotopic (exact) mass is 218 g/mol. The van der Waals surface area contributed by atoms with E-state index in [2.05, 4.69) is 21.0 Å². The van der Waals surface area contributed by atoms with Crippen LogP contribution >= 0.6 is 15.9 Å². The van der Waals surface area contributed by atoms with E-state index in [4.69, 9.17) is 4.74 Å². The molecule has 0 fully saturated rings. The van der Waals surface area contributed by atoms with Crippen molar-refractivity contribution >= 4 is 15.9 Å². The van der Waals surface area contributed by atoms with Crippen LogP contribution in [-0.4, -0.2) is 16.9 Å². The van der Waals surface area contributed by atoms with Gasteiger partial charge < -0.3 is 4.74 Å². The molecule has 0 radical (unpaired) electrons. The number of rotatable bonds is 2. The molecule has 0 atom stereocenters. The van der Waals surface area contributed by atoms with Crippen LogP contribution in [0.4, 0.5) is 0 Å². The quantitative estimate of drug-likeness (QED) is 0.707. The van der Waals surface area contributed by atoms with Gasteiger partial charge in [0.05, 0.1) is 12.8 Å². The Morgan fingerprint density at radius 3 is 2.64 bits per heavy atom. The molecule has 1 rings (SSSR count). The molecular weight excluding hydrogens is 208 g/mol. The summed E-state index contributed by atoms with van der Waals surface area (Å²) >= 11 is 3.38. The van der Waals surface area contributed by atoms with Crippen molar-refractivity contribution in [3.05, 3.63) is 11.3 Å². The van der Waals surface area contributed by atoms with Gasteiger partial charge in [-0.1, -0.05) is 15.9 Å². The van der Waals surface area contributed by atoms with Crippen molar-refractivity contribution in [3.63, 3.8) is 0 Å². The first-order chi connectivity index (χ1) is 5.20. The van der Waals surface area contributed by atoms with Crippen molar-refractivity contribution in [2.45, 2.75) is 12.3 Å². The lowest BCUT2D eigenvalue weighted by Crippen LogP contribution is -1.95. The Kier molecular flexibility index (Phi) is 2.54. The largest absolute Gasteiger partial charge is 0.481 e. The SMILES string of the molecule is COc1c(CBr)c(C)nn1C. The summed E-state index contributed by atoms with van der Waals surface area (Å²) in [6.07, 6.45) is 0. The summed E-state index contributed by atoms with van der Waals surface area (Å²) < 4.78 is 6.90. The Morgan fingerprint density at radius 2 is 2.27 bits per heavy atom. The Hall–Kier alpha value is -0.510. The van der Waals surface area contributed by atoms with Gasteiger partial charge in [-0.3, -0.25) is 0 Å². The highest BCUT2D eigenvalue weighted by molar-refractivity contribution is 9.08. The van der Waals surface area contributed by atoms with Gasteiger partial charge in [0.15, 0.2) is 0 Å². The van der Waals surface area contributed by atoms with Gasteiger partial charge in [0, 0.05) is 17.9 Å². The zero-order valence-corrected chi connectivity index (χ0v) is 8.47. The van der Waals surface area contributed by atoms with Crippen molar-refractivity contribution in [3.8, 4) is 5.88 Å². The van der Waals surface area contributed by atoms with E-state index in [9.17, 15) is 0 Å². The summed E-state index contributed by atoms with van der Waals surface area (Å²) in [4.78, 5) is 0. The molecule has 1 aromatic rings. The number of ether oxygens (including phenoxy) is 1. The average Bonchev–Trinajstić information content (AvgIpc) is 2.24. The van der Waals surface area contributed by atoms with Crippen molar-refractivity contribution in [1.29, 1.82) is 0 Å².